The van der Waals surface area contributed by atoms with Gasteiger partial charge in [-0.25, -0.2) is 0 Å². The van der Waals surface area contributed by atoms with Crippen LogP contribution < -0.4 is 10.3 Å². The minimum Gasteiger partial charge on any atom is -0.366 e. The maximum atomic E-state index is 11.1. The summed E-state index contributed by atoms with van der Waals surface area (Å²) < 4.78 is 1.71. The Morgan fingerprint density at radius 3 is 2.71 bits per heavy atom. The molecule has 0 saturated carbocycles. The smallest absolute Gasteiger partial charge is 0.249 e. The molecule has 2 aromatic rings. The molecule has 0 aliphatic rings. The molecule has 0 fully saturated rings. The van der Waals surface area contributed by atoms with Gasteiger partial charge in [0.1, 0.15) is 0 Å². The molecule has 3 nitrogen and oxygen atoms in total. The fourth-order valence-electron chi connectivity index (χ4n) is 1.50. The van der Waals surface area contributed by atoms with Crippen LogP contribution in [0.2, 0.25) is 0 Å². The van der Waals surface area contributed by atoms with E-state index >= 15 is 0 Å². The minimum atomic E-state index is -0.415. The highest BCUT2D eigenvalue weighted by molar-refractivity contribution is 6.04. The van der Waals surface area contributed by atoms with Gasteiger partial charge in [-0.15, -0.1) is 0 Å². The Bertz CT molecular complexity index is 506. The Balaban J connectivity index is 2.88. The first-order valence-electron chi connectivity index (χ1n) is 4.24. The van der Waals surface area contributed by atoms with Gasteiger partial charge in [0, 0.05) is 12.1 Å². The van der Waals surface area contributed by atoms with Crippen LogP contribution in [0.25, 0.3) is 10.9 Å². The number of amides is 1. The number of fused-ring (bicyclic) bond motifs is 1. The highest BCUT2D eigenvalue weighted by Gasteiger charge is 2.11. The van der Waals surface area contributed by atoms with E-state index in [4.69, 9.17) is 5.73 Å². The molecule has 1 radical (unpaired) electrons. The number of hydrogen-bond acceptors (Lipinski definition) is 1. The molecule has 0 saturated heterocycles. The Labute approximate surface area is 81.8 Å². The largest absolute Gasteiger partial charge is 0.366 e. The van der Waals surface area contributed by atoms with Crippen LogP contribution in [0.3, 0.4) is 0 Å². The molecule has 0 spiro atoms. The van der Waals surface area contributed by atoms with E-state index in [2.05, 4.69) is 7.05 Å². The number of rotatable bonds is 1. The molecule has 1 aromatic heterocycles. The highest BCUT2D eigenvalue weighted by Crippen LogP contribution is 2.13. The summed E-state index contributed by atoms with van der Waals surface area (Å²) in [6.45, 7) is 0. The number of hydrogen-bond donors (Lipinski definition) is 1. The van der Waals surface area contributed by atoms with Crippen molar-refractivity contribution in [3.8, 4) is 0 Å². The van der Waals surface area contributed by atoms with E-state index in [1.807, 2.05) is 24.3 Å². The molecular weight excluding hydrogens is 176 g/mol. The van der Waals surface area contributed by atoms with Crippen molar-refractivity contribution in [2.75, 3.05) is 0 Å². The molecule has 1 heterocycles. The molecule has 1 amide bonds. The number of pyridine rings is 1. The van der Waals surface area contributed by atoms with Crippen LogP contribution in [0.5, 0.6) is 0 Å². The van der Waals surface area contributed by atoms with Crippen molar-refractivity contribution < 1.29 is 9.36 Å². The van der Waals surface area contributed by atoms with E-state index < -0.39 is 5.91 Å². The fraction of sp³-hybridized carbons (Fsp3) is 0. The zero-order valence-electron chi connectivity index (χ0n) is 7.60. The molecular formula is C11H10N2O+. The second-order valence-electron chi connectivity index (χ2n) is 3.08. The summed E-state index contributed by atoms with van der Waals surface area (Å²) in [5.74, 6) is -0.415. The number of carbonyl (C=O) groups excluding carboxylic acids is 1. The average Bonchev–Trinajstić information content (AvgIpc) is 2.18. The first-order valence-corrected chi connectivity index (χ1v) is 4.24. The molecule has 0 bridgehead atoms. The lowest BCUT2D eigenvalue weighted by Gasteiger charge is -2.00. The number of aromatic nitrogens is 1. The van der Waals surface area contributed by atoms with Gasteiger partial charge in [0.2, 0.25) is 18.5 Å². The number of nitrogens with two attached hydrogens (primary N) is 1. The third-order valence-electron chi connectivity index (χ3n) is 2.19. The Morgan fingerprint density at radius 2 is 2.00 bits per heavy atom. The van der Waals surface area contributed by atoms with Crippen LogP contribution >= 0.6 is 0 Å². The molecule has 2 N–H and O–H groups in total. The summed E-state index contributed by atoms with van der Waals surface area (Å²) in [7, 11) is 3.81. The van der Waals surface area contributed by atoms with Crippen LogP contribution in [-0.4, -0.2) is 5.91 Å². The maximum absolute atomic E-state index is 11.1. The molecule has 0 aliphatic carbocycles. The van der Waals surface area contributed by atoms with Crippen molar-refractivity contribution in [3.63, 3.8) is 0 Å². The number of nitrogens with zero attached hydrogens (tertiary/aromatic N) is 1. The molecule has 14 heavy (non-hydrogen) atoms. The monoisotopic (exact) mass is 186 g/mol. The van der Waals surface area contributed by atoms with Gasteiger partial charge in [0.15, 0.2) is 6.20 Å². The van der Waals surface area contributed by atoms with E-state index in [1.165, 1.54) is 0 Å². The van der Waals surface area contributed by atoms with Crippen molar-refractivity contribution in [1.82, 2.24) is 0 Å². The number of benzene rings is 1. The Hall–Kier alpha value is -1.90. The lowest BCUT2D eigenvalue weighted by atomic mass is 10.1. The third kappa shape index (κ3) is 1.23. The molecule has 3 heteroatoms. The summed E-state index contributed by atoms with van der Waals surface area (Å²) in [4.78, 5) is 11.1. The molecule has 0 unspecified atom stereocenters. The number of carbonyl (C=O) groups is 1. The summed E-state index contributed by atoms with van der Waals surface area (Å²) >= 11 is 0. The van der Waals surface area contributed by atoms with Gasteiger partial charge < -0.3 is 5.73 Å². The molecule has 2 rings (SSSR count). The van der Waals surface area contributed by atoms with Crippen molar-refractivity contribution in [2.45, 2.75) is 0 Å². The predicted molar refractivity (Wildman–Crippen MR) is 53.4 cm³/mol. The van der Waals surface area contributed by atoms with E-state index in [9.17, 15) is 4.79 Å². The zero-order chi connectivity index (χ0) is 10.1. The molecule has 0 aliphatic heterocycles. The fourth-order valence-corrected chi connectivity index (χ4v) is 1.50. The number of para-hydroxylation sites is 1. The van der Waals surface area contributed by atoms with Gasteiger partial charge >= 0.3 is 0 Å². The van der Waals surface area contributed by atoms with Crippen molar-refractivity contribution in [3.05, 3.63) is 49.1 Å². The maximum Gasteiger partial charge on any atom is 0.249 e. The van der Waals surface area contributed by atoms with Crippen molar-refractivity contribution in [1.29, 1.82) is 0 Å². The second kappa shape index (κ2) is 3.10. The van der Waals surface area contributed by atoms with Crippen LogP contribution in [0.15, 0.2) is 36.5 Å². The van der Waals surface area contributed by atoms with Gasteiger partial charge in [0.05, 0.1) is 10.9 Å². The summed E-state index contributed by atoms with van der Waals surface area (Å²) in [6, 6.07) is 9.20. The minimum absolute atomic E-state index is 0.415. The topological polar surface area (TPSA) is 47.0 Å². The van der Waals surface area contributed by atoms with Crippen LogP contribution in [-0.2, 0) is 0 Å². The zero-order valence-corrected chi connectivity index (χ0v) is 7.60. The highest BCUT2D eigenvalue weighted by atomic mass is 16.1. The van der Waals surface area contributed by atoms with Gasteiger partial charge in [-0.3, -0.25) is 4.79 Å². The van der Waals surface area contributed by atoms with E-state index in [0.29, 0.717) is 5.56 Å². The summed E-state index contributed by atoms with van der Waals surface area (Å²) in [5, 5.41) is 0.831. The average molecular weight is 186 g/mol. The molecule has 0 atom stereocenters. The summed E-state index contributed by atoms with van der Waals surface area (Å²) in [5.41, 5.74) is 6.68. The third-order valence-corrected chi connectivity index (χ3v) is 2.19. The van der Waals surface area contributed by atoms with E-state index in [1.54, 1.807) is 16.8 Å². The van der Waals surface area contributed by atoms with Crippen LogP contribution in [0.1, 0.15) is 10.4 Å². The quantitative estimate of drug-likeness (QED) is 0.660. The second-order valence-corrected chi connectivity index (χ2v) is 3.08. The normalized spacial score (nSPS) is 10.4. The van der Waals surface area contributed by atoms with Gasteiger partial charge in [-0.05, 0) is 6.07 Å². The van der Waals surface area contributed by atoms with Crippen LogP contribution in [0, 0.1) is 7.05 Å². The van der Waals surface area contributed by atoms with Gasteiger partial charge in [-0.1, -0.05) is 12.1 Å². The Morgan fingerprint density at radius 1 is 1.29 bits per heavy atom. The van der Waals surface area contributed by atoms with Gasteiger partial charge in [0.25, 0.3) is 0 Å². The Kier molecular flexibility index (Phi) is 1.93. The first-order chi connectivity index (χ1) is 6.70. The van der Waals surface area contributed by atoms with Crippen molar-refractivity contribution in [2.24, 2.45) is 5.73 Å². The van der Waals surface area contributed by atoms with Crippen molar-refractivity contribution >= 4 is 16.8 Å². The standard InChI is InChI=1S/C11H10N2O/c1-13-7-6-9(11(12)14)8-4-2-3-5-10(8)13/h2-7H,1H2,(H2,12,14)/q+1. The van der Waals surface area contributed by atoms with E-state index in [0.717, 1.165) is 10.9 Å². The lowest BCUT2D eigenvalue weighted by molar-refractivity contribution is -0.584. The lowest BCUT2D eigenvalue weighted by Crippen LogP contribution is -2.27. The van der Waals surface area contributed by atoms with E-state index in [-0.39, 0.29) is 0 Å². The van der Waals surface area contributed by atoms with Crippen LogP contribution in [0.4, 0.5) is 0 Å². The predicted octanol–water partition coefficient (Wildman–Crippen LogP) is 0.866. The molecule has 1 aromatic carbocycles. The first kappa shape index (κ1) is 8.69. The number of primary amides is 1. The van der Waals surface area contributed by atoms with Gasteiger partial charge in [-0.2, -0.15) is 4.57 Å². The molecule has 69 valence electrons. The SMILES string of the molecule is [CH2][n+]1ccc(C(N)=O)c2ccccc21. The summed E-state index contributed by atoms with van der Waals surface area (Å²) in [6.07, 6.45) is 1.72.